The van der Waals surface area contributed by atoms with E-state index in [0.717, 1.165) is 18.8 Å². The van der Waals surface area contributed by atoms with Crippen molar-refractivity contribution in [2.45, 2.75) is 25.9 Å². The highest BCUT2D eigenvalue weighted by Crippen LogP contribution is 2.29. The highest BCUT2D eigenvalue weighted by Gasteiger charge is 2.25. The van der Waals surface area contributed by atoms with E-state index in [2.05, 4.69) is 43.8 Å². The van der Waals surface area contributed by atoms with Gasteiger partial charge >= 0.3 is 0 Å². The number of methoxy groups -OCH3 is 1. The van der Waals surface area contributed by atoms with Gasteiger partial charge in [0.05, 0.1) is 13.2 Å². The van der Waals surface area contributed by atoms with Crippen LogP contribution in [0.5, 0.6) is 5.75 Å². The van der Waals surface area contributed by atoms with Gasteiger partial charge in [0.25, 0.3) is 0 Å². The van der Waals surface area contributed by atoms with Crippen molar-refractivity contribution in [3.8, 4) is 5.75 Å². The Morgan fingerprint density at radius 3 is 2.40 bits per heavy atom. The van der Waals surface area contributed by atoms with Gasteiger partial charge in [-0.05, 0) is 33.6 Å². The lowest BCUT2D eigenvalue weighted by Gasteiger charge is -2.37. The van der Waals surface area contributed by atoms with Gasteiger partial charge in [-0.25, -0.2) is 0 Å². The zero-order valence-electron chi connectivity index (χ0n) is 13.5. The lowest BCUT2D eigenvalue weighted by Crippen LogP contribution is -2.44. The minimum absolute atomic E-state index is 0.186. The zero-order valence-corrected chi connectivity index (χ0v) is 13.5. The highest BCUT2D eigenvalue weighted by atomic mass is 16.5. The molecule has 4 heteroatoms. The van der Waals surface area contributed by atoms with Gasteiger partial charge in [-0.1, -0.05) is 25.1 Å². The van der Waals surface area contributed by atoms with Crippen molar-refractivity contribution >= 4 is 0 Å². The molecule has 2 atom stereocenters. The lowest BCUT2D eigenvalue weighted by atomic mass is 10.0. The van der Waals surface area contributed by atoms with Crippen molar-refractivity contribution in [1.82, 2.24) is 9.80 Å². The quantitative estimate of drug-likeness (QED) is 0.790. The summed E-state index contributed by atoms with van der Waals surface area (Å²) >= 11 is 0. The lowest BCUT2D eigenvalue weighted by molar-refractivity contribution is 0.129. The van der Waals surface area contributed by atoms with Crippen LogP contribution in [0.4, 0.5) is 0 Å². The van der Waals surface area contributed by atoms with Crippen LogP contribution in [0, 0.1) is 0 Å². The van der Waals surface area contributed by atoms with Gasteiger partial charge in [-0.3, -0.25) is 4.90 Å². The molecule has 0 heterocycles. The van der Waals surface area contributed by atoms with Crippen LogP contribution < -0.4 is 10.5 Å². The molecular weight excluding hydrogens is 250 g/mol. The maximum Gasteiger partial charge on any atom is 0.123 e. The molecule has 0 saturated heterocycles. The summed E-state index contributed by atoms with van der Waals surface area (Å²) in [5, 5.41) is 0. The number of para-hydroxylation sites is 1. The van der Waals surface area contributed by atoms with E-state index in [0.29, 0.717) is 12.6 Å². The van der Waals surface area contributed by atoms with Crippen LogP contribution in [0.2, 0.25) is 0 Å². The Morgan fingerprint density at radius 2 is 1.90 bits per heavy atom. The molecule has 0 radical (unpaired) electrons. The second kappa shape index (κ2) is 8.25. The normalized spacial score (nSPS) is 14.6. The molecule has 1 aromatic carbocycles. The molecule has 114 valence electrons. The topological polar surface area (TPSA) is 41.7 Å². The van der Waals surface area contributed by atoms with E-state index in [4.69, 9.17) is 10.5 Å². The van der Waals surface area contributed by atoms with Crippen LogP contribution in [-0.4, -0.2) is 56.7 Å². The molecule has 1 aromatic rings. The maximum absolute atomic E-state index is 6.06. The Morgan fingerprint density at radius 1 is 1.25 bits per heavy atom. The van der Waals surface area contributed by atoms with Crippen molar-refractivity contribution < 1.29 is 4.74 Å². The van der Waals surface area contributed by atoms with E-state index in [-0.39, 0.29) is 6.04 Å². The molecule has 2 unspecified atom stereocenters. The Bertz CT molecular complexity index is 395. The van der Waals surface area contributed by atoms with Gasteiger partial charge in [-0.15, -0.1) is 0 Å². The fourth-order valence-electron chi connectivity index (χ4n) is 2.86. The standard InChI is InChI=1S/C16H29N3O/c1-6-19(13(2)12-18(3)4)15(11-17)14-9-7-8-10-16(14)20-5/h7-10,13,15H,6,11-12,17H2,1-5H3. The number of nitrogens with two attached hydrogens (primary N) is 1. The Labute approximate surface area is 123 Å². The average molecular weight is 279 g/mol. The smallest absolute Gasteiger partial charge is 0.123 e. The fourth-order valence-corrected chi connectivity index (χ4v) is 2.86. The van der Waals surface area contributed by atoms with E-state index in [1.165, 1.54) is 5.56 Å². The molecule has 0 aliphatic carbocycles. The summed E-state index contributed by atoms with van der Waals surface area (Å²) in [6.45, 7) is 7.01. The summed E-state index contributed by atoms with van der Waals surface area (Å²) in [6, 6.07) is 8.78. The number of ether oxygens (including phenoxy) is 1. The Balaban J connectivity index is 3.02. The monoisotopic (exact) mass is 279 g/mol. The molecule has 0 aliphatic rings. The van der Waals surface area contributed by atoms with Crippen LogP contribution in [-0.2, 0) is 0 Å². The average Bonchev–Trinajstić information content (AvgIpc) is 2.43. The molecule has 0 spiro atoms. The first-order valence-corrected chi connectivity index (χ1v) is 7.28. The highest BCUT2D eigenvalue weighted by molar-refractivity contribution is 5.36. The van der Waals surface area contributed by atoms with E-state index in [1.807, 2.05) is 18.2 Å². The first kappa shape index (κ1) is 17.0. The van der Waals surface area contributed by atoms with Gasteiger partial charge < -0.3 is 15.4 Å². The molecule has 2 N–H and O–H groups in total. The van der Waals surface area contributed by atoms with Gasteiger partial charge in [0.15, 0.2) is 0 Å². The van der Waals surface area contributed by atoms with Gasteiger partial charge in [0, 0.05) is 24.7 Å². The molecule has 0 saturated carbocycles. The van der Waals surface area contributed by atoms with E-state index < -0.39 is 0 Å². The third-order valence-electron chi connectivity index (χ3n) is 3.68. The maximum atomic E-state index is 6.06. The van der Waals surface area contributed by atoms with Gasteiger partial charge in [0.2, 0.25) is 0 Å². The predicted molar refractivity (Wildman–Crippen MR) is 85.2 cm³/mol. The number of hydrogen-bond donors (Lipinski definition) is 1. The third-order valence-corrected chi connectivity index (χ3v) is 3.68. The summed E-state index contributed by atoms with van der Waals surface area (Å²) in [6.07, 6.45) is 0. The minimum atomic E-state index is 0.186. The molecule has 1 rings (SSSR count). The van der Waals surface area contributed by atoms with Crippen LogP contribution >= 0.6 is 0 Å². The minimum Gasteiger partial charge on any atom is -0.496 e. The third kappa shape index (κ3) is 4.20. The Kier molecular flexibility index (Phi) is 6.99. The molecule has 0 aromatic heterocycles. The summed E-state index contributed by atoms with van der Waals surface area (Å²) < 4.78 is 5.49. The number of likely N-dealkylation sites (N-methyl/N-ethyl adjacent to an activating group) is 2. The van der Waals surface area contributed by atoms with Crippen molar-refractivity contribution in [2.24, 2.45) is 5.73 Å². The molecular formula is C16H29N3O. The molecule has 20 heavy (non-hydrogen) atoms. The predicted octanol–water partition coefficient (Wildman–Crippen LogP) is 1.97. The van der Waals surface area contributed by atoms with Crippen LogP contribution in [0.1, 0.15) is 25.5 Å². The van der Waals surface area contributed by atoms with Gasteiger partial charge in [0.1, 0.15) is 5.75 Å². The van der Waals surface area contributed by atoms with Crippen molar-refractivity contribution in [3.63, 3.8) is 0 Å². The fraction of sp³-hybridized carbons (Fsp3) is 0.625. The van der Waals surface area contributed by atoms with Crippen molar-refractivity contribution in [3.05, 3.63) is 29.8 Å². The van der Waals surface area contributed by atoms with Crippen LogP contribution in [0.25, 0.3) is 0 Å². The zero-order chi connectivity index (χ0) is 15.1. The van der Waals surface area contributed by atoms with E-state index >= 15 is 0 Å². The van der Waals surface area contributed by atoms with Crippen LogP contribution in [0.3, 0.4) is 0 Å². The molecule has 0 aliphatic heterocycles. The second-order valence-corrected chi connectivity index (χ2v) is 5.44. The van der Waals surface area contributed by atoms with Crippen molar-refractivity contribution in [1.29, 1.82) is 0 Å². The summed E-state index contributed by atoms with van der Waals surface area (Å²) in [5.41, 5.74) is 7.23. The van der Waals surface area contributed by atoms with E-state index in [9.17, 15) is 0 Å². The van der Waals surface area contributed by atoms with E-state index in [1.54, 1.807) is 7.11 Å². The van der Waals surface area contributed by atoms with Crippen LogP contribution in [0.15, 0.2) is 24.3 Å². The molecule has 0 fully saturated rings. The largest absolute Gasteiger partial charge is 0.496 e. The first-order valence-electron chi connectivity index (χ1n) is 7.28. The number of benzene rings is 1. The number of nitrogens with zero attached hydrogens (tertiary/aromatic N) is 2. The summed E-state index contributed by atoms with van der Waals surface area (Å²) in [7, 11) is 5.92. The summed E-state index contributed by atoms with van der Waals surface area (Å²) in [5.74, 6) is 0.915. The van der Waals surface area contributed by atoms with Gasteiger partial charge in [-0.2, -0.15) is 0 Å². The second-order valence-electron chi connectivity index (χ2n) is 5.44. The van der Waals surface area contributed by atoms with Crippen molar-refractivity contribution in [2.75, 3.05) is 40.8 Å². The first-order chi connectivity index (χ1) is 9.54. The molecule has 0 amide bonds. The number of hydrogen-bond acceptors (Lipinski definition) is 4. The SMILES string of the molecule is CCN(C(C)CN(C)C)C(CN)c1ccccc1OC. The Hall–Kier alpha value is -1.10. The molecule has 4 nitrogen and oxygen atoms in total. The molecule has 0 bridgehead atoms. The summed E-state index contributed by atoms with van der Waals surface area (Å²) in [4.78, 5) is 4.65. The number of rotatable bonds is 8.